The lowest BCUT2D eigenvalue weighted by Crippen LogP contribution is -2.34. The first kappa shape index (κ1) is 12.0. The molecule has 0 saturated carbocycles. The van der Waals surface area contributed by atoms with E-state index in [1.807, 2.05) is 13.0 Å². The number of anilines is 1. The predicted octanol–water partition coefficient (Wildman–Crippen LogP) is 2.83. The van der Waals surface area contributed by atoms with Crippen molar-refractivity contribution < 1.29 is 9.53 Å². The monoisotopic (exact) mass is 227 g/mol. The second-order valence-electron chi connectivity index (χ2n) is 3.48. The maximum Gasteiger partial charge on any atom is 0.264 e. The van der Waals surface area contributed by atoms with Gasteiger partial charge < -0.3 is 9.64 Å². The molecule has 2 heterocycles. The smallest absolute Gasteiger partial charge is 0.264 e. The van der Waals surface area contributed by atoms with Crippen molar-refractivity contribution in [3.8, 4) is 5.06 Å². The van der Waals surface area contributed by atoms with Gasteiger partial charge >= 0.3 is 0 Å². The van der Waals surface area contributed by atoms with Crippen LogP contribution in [0.3, 0.4) is 0 Å². The van der Waals surface area contributed by atoms with Crippen molar-refractivity contribution in [1.82, 2.24) is 0 Å². The van der Waals surface area contributed by atoms with Crippen molar-refractivity contribution in [3.63, 3.8) is 0 Å². The van der Waals surface area contributed by atoms with Gasteiger partial charge in [-0.05, 0) is 13.0 Å². The molecular formula is C11H17NO2S. The molecule has 2 rings (SSSR count). The molecule has 1 aromatic heterocycles. The Bertz CT molecular complexity index is 346. The first-order valence-corrected chi connectivity index (χ1v) is 5.91. The van der Waals surface area contributed by atoms with Crippen molar-refractivity contribution in [3.05, 3.63) is 10.9 Å². The molecule has 0 saturated heterocycles. The van der Waals surface area contributed by atoms with Gasteiger partial charge in [-0.25, -0.2) is 0 Å². The fourth-order valence-corrected chi connectivity index (χ4v) is 2.06. The van der Waals surface area contributed by atoms with E-state index >= 15 is 0 Å². The molecule has 3 nitrogen and oxygen atoms in total. The molecular weight excluding hydrogens is 210 g/mol. The topological polar surface area (TPSA) is 29.5 Å². The third kappa shape index (κ3) is 2.72. The van der Waals surface area contributed by atoms with Crippen LogP contribution in [-0.4, -0.2) is 19.6 Å². The van der Waals surface area contributed by atoms with Gasteiger partial charge in [-0.3, -0.25) is 4.79 Å². The van der Waals surface area contributed by atoms with Gasteiger partial charge in [0.1, 0.15) is 0 Å². The highest BCUT2D eigenvalue weighted by Gasteiger charge is 2.23. The van der Waals surface area contributed by atoms with E-state index < -0.39 is 0 Å². The summed E-state index contributed by atoms with van der Waals surface area (Å²) in [5.41, 5.74) is 0.897. The van der Waals surface area contributed by atoms with Crippen LogP contribution in [0, 0.1) is 6.92 Å². The fraction of sp³-hybridized carbons (Fsp3) is 0.545. The van der Waals surface area contributed by atoms with Gasteiger partial charge in [0, 0.05) is 11.9 Å². The van der Waals surface area contributed by atoms with Gasteiger partial charge in [0.05, 0.1) is 5.69 Å². The average Bonchev–Trinajstić information content (AvgIpc) is 2.55. The van der Waals surface area contributed by atoms with Crippen LogP contribution in [0.1, 0.15) is 25.1 Å². The maximum absolute atomic E-state index is 11.2. The van der Waals surface area contributed by atoms with Gasteiger partial charge in [-0.15, -0.1) is 11.3 Å². The Morgan fingerprint density at radius 2 is 2.13 bits per heavy atom. The molecule has 0 spiro atoms. The van der Waals surface area contributed by atoms with E-state index in [1.165, 1.54) is 11.3 Å². The molecule has 1 aromatic rings. The molecule has 0 bridgehead atoms. The van der Waals surface area contributed by atoms with Crippen LogP contribution in [0.4, 0.5) is 5.69 Å². The summed E-state index contributed by atoms with van der Waals surface area (Å²) < 4.78 is 5.25. The maximum atomic E-state index is 11.2. The summed E-state index contributed by atoms with van der Waals surface area (Å²) in [4.78, 5) is 14.0. The van der Waals surface area contributed by atoms with Crippen LogP contribution in [0.5, 0.6) is 5.06 Å². The molecule has 0 N–H and O–H groups in total. The molecule has 1 aliphatic heterocycles. The highest BCUT2D eigenvalue weighted by atomic mass is 32.1. The summed E-state index contributed by atoms with van der Waals surface area (Å²) in [6, 6.07) is 1.97. The van der Waals surface area contributed by atoms with Crippen LogP contribution in [0.15, 0.2) is 6.07 Å². The standard InChI is InChI=1S/C8H9NO2S.C3H8/c1-5-3-6-8(12-5)11-4-7(10)9(6)2;1-3-2/h3H,4H2,1-2H3;3H2,1-2H3. The molecule has 84 valence electrons. The van der Waals surface area contributed by atoms with Gasteiger partial charge in [0.25, 0.3) is 5.91 Å². The lowest BCUT2D eigenvalue weighted by Gasteiger charge is -2.22. The van der Waals surface area contributed by atoms with Crippen molar-refractivity contribution in [2.75, 3.05) is 18.6 Å². The molecule has 15 heavy (non-hydrogen) atoms. The number of likely N-dealkylation sites (N-methyl/N-ethyl adjacent to an activating group) is 1. The highest BCUT2D eigenvalue weighted by Crippen LogP contribution is 2.39. The summed E-state index contributed by atoms with van der Waals surface area (Å²) >= 11 is 1.58. The molecule has 0 fully saturated rings. The molecule has 0 atom stereocenters. The minimum Gasteiger partial charge on any atom is -0.472 e. The van der Waals surface area contributed by atoms with Crippen LogP contribution in [-0.2, 0) is 4.79 Å². The SMILES string of the molecule is CCC.Cc1cc2c(s1)OCC(=O)N2C. The number of nitrogens with zero attached hydrogens (tertiary/aromatic N) is 1. The minimum atomic E-state index is 0.0142. The van der Waals surface area contributed by atoms with E-state index in [2.05, 4.69) is 13.8 Å². The van der Waals surface area contributed by atoms with Crippen LogP contribution < -0.4 is 9.64 Å². The Morgan fingerprint density at radius 3 is 2.73 bits per heavy atom. The molecule has 0 aromatic carbocycles. The third-order valence-corrected chi connectivity index (χ3v) is 2.82. The Morgan fingerprint density at radius 1 is 1.53 bits per heavy atom. The number of hydrogen-bond donors (Lipinski definition) is 0. The Labute approximate surface area is 94.7 Å². The largest absolute Gasteiger partial charge is 0.472 e. The van der Waals surface area contributed by atoms with Gasteiger partial charge in [-0.1, -0.05) is 20.3 Å². The Kier molecular flexibility index (Phi) is 4.15. The molecule has 1 aliphatic rings. The van der Waals surface area contributed by atoms with E-state index in [1.54, 1.807) is 23.3 Å². The number of carbonyl (C=O) groups is 1. The summed E-state index contributed by atoms with van der Waals surface area (Å²) in [7, 11) is 1.77. The number of ether oxygens (including phenoxy) is 1. The van der Waals surface area contributed by atoms with Gasteiger partial charge in [-0.2, -0.15) is 0 Å². The van der Waals surface area contributed by atoms with E-state index in [9.17, 15) is 4.79 Å². The number of hydrogen-bond acceptors (Lipinski definition) is 3. The summed E-state index contributed by atoms with van der Waals surface area (Å²) in [5, 5.41) is 0.856. The molecule has 0 unspecified atom stereocenters. The van der Waals surface area contributed by atoms with E-state index in [0.29, 0.717) is 0 Å². The zero-order chi connectivity index (χ0) is 11.4. The number of amides is 1. The molecule has 4 heteroatoms. The predicted molar refractivity (Wildman–Crippen MR) is 63.9 cm³/mol. The molecule has 0 aliphatic carbocycles. The van der Waals surface area contributed by atoms with Crippen molar-refractivity contribution in [2.24, 2.45) is 0 Å². The number of thiophene rings is 1. The summed E-state index contributed by atoms with van der Waals surface area (Å²) in [5.74, 6) is 0.0142. The van der Waals surface area contributed by atoms with Crippen LogP contribution in [0.25, 0.3) is 0 Å². The quantitative estimate of drug-likeness (QED) is 0.682. The lowest BCUT2D eigenvalue weighted by molar-refractivity contribution is -0.120. The second kappa shape index (κ2) is 5.16. The molecule has 1 amide bonds. The number of rotatable bonds is 0. The van der Waals surface area contributed by atoms with Crippen molar-refractivity contribution in [1.29, 1.82) is 0 Å². The van der Waals surface area contributed by atoms with E-state index in [0.717, 1.165) is 10.8 Å². The Balaban J connectivity index is 0.000000337. The van der Waals surface area contributed by atoms with Gasteiger partial charge in [0.15, 0.2) is 11.7 Å². The fourth-order valence-electron chi connectivity index (χ4n) is 1.18. The first-order chi connectivity index (χ1) is 7.10. The first-order valence-electron chi connectivity index (χ1n) is 5.09. The van der Waals surface area contributed by atoms with E-state index in [-0.39, 0.29) is 12.5 Å². The van der Waals surface area contributed by atoms with Crippen molar-refractivity contribution in [2.45, 2.75) is 27.2 Å². The summed E-state index contributed by atoms with van der Waals surface area (Å²) in [6.07, 6.45) is 1.25. The number of carbonyl (C=O) groups excluding carboxylic acids is 1. The number of aryl methyl sites for hydroxylation is 1. The second-order valence-corrected chi connectivity index (χ2v) is 4.70. The number of fused-ring (bicyclic) bond motifs is 1. The van der Waals surface area contributed by atoms with E-state index in [4.69, 9.17) is 4.74 Å². The minimum absolute atomic E-state index is 0.0142. The zero-order valence-electron chi connectivity index (χ0n) is 9.66. The average molecular weight is 227 g/mol. The Hall–Kier alpha value is -1.03. The van der Waals surface area contributed by atoms with Crippen LogP contribution in [0.2, 0.25) is 0 Å². The van der Waals surface area contributed by atoms with Gasteiger partial charge in [0.2, 0.25) is 0 Å². The normalized spacial score (nSPS) is 13.9. The van der Waals surface area contributed by atoms with Crippen molar-refractivity contribution >= 4 is 22.9 Å². The summed E-state index contributed by atoms with van der Waals surface area (Å²) in [6.45, 7) is 6.42. The zero-order valence-corrected chi connectivity index (χ0v) is 10.5. The molecule has 0 radical (unpaired) electrons. The highest BCUT2D eigenvalue weighted by molar-refractivity contribution is 7.14. The lowest BCUT2D eigenvalue weighted by atomic mass is 10.3. The third-order valence-electron chi connectivity index (χ3n) is 1.86. The van der Waals surface area contributed by atoms with Crippen LogP contribution >= 0.6 is 11.3 Å².